The van der Waals surface area contributed by atoms with Gasteiger partial charge in [-0.3, -0.25) is 10.00 Å². The van der Waals surface area contributed by atoms with Crippen molar-refractivity contribution in [2.75, 3.05) is 13.1 Å². The highest BCUT2D eigenvalue weighted by atomic mass is 32.2. The molecule has 0 saturated carbocycles. The third-order valence-electron chi connectivity index (χ3n) is 5.27. The number of hydrogen-bond donors (Lipinski definition) is 2. The average Bonchev–Trinajstić information content (AvgIpc) is 3.09. The summed E-state index contributed by atoms with van der Waals surface area (Å²) in [5.74, 6) is 0.601. The van der Waals surface area contributed by atoms with E-state index in [4.69, 9.17) is 5.14 Å². The van der Waals surface area contributed by atoms with Gasteiger partial charge in [0.15, 0.2) is 0 Å². The Hall–Kier alpha value is -2.22. The monoisotopic (exact) mass is 384 g/mol. The summed E-state index contributed by atoms with van der Waals surface area (Å²) in [4.78, 5) is 2.59. The van der Waals surface area contributed by atoms with Crippen LogP contribution in [-0.4, -0.2) is 36.6 Å². The number of nitrogens with zero attached hydrogens (tertiary/aromatic N) is 2. The Morgan fingerprint density at radius 2 is 2.07 bits per heavy atom. The zero-order valence-electron chi connectivity index (χ0n) is 15.1. The summed E-state index contributed by atoms with van der Waals surface area (Å²) in [6.45, 7) is 2.81. The minimum absolute atomic E-state index is 0.182. The third kappa shape index (κ3) is 4.37. The van der Waals surface area contributed by atoms with E-state index >= 15 is 0 Å². The predicted molar refractivity (Wildman–Crippen MR) is 106 cm³/mol. The van der Waals surface area contributed by atoms with Gasteiger partial charge in [-0.15, -0.1) is 0 Å². The molecule has 142 valence electrons. The molecule has 1 aromatic heterocycles. The highest BCUT2D eigenvalue weighted by Crippen LogP contribution is 2.24. The minimum Gasteiger partial charge on any atom is -0.299 e. The zero-order chi connectivity index (χ0) is 18.9. The number of sulfonamides is 1. The molecule has 6 nitrogen and oxygen atoms in total. The molecule has 0 radical (unpaired) electrons. The van der Waals surface area contributed by atoms with E-state index in [0.717, 1.165) is 48.9 Å². The number of fused-ring (bicyclic) bond motifs is 1. The highest BCUT2D eigenvalue weighted by Gasteiger charge is 2.21. The van der Waals surface area contributed by atoms with Gasteiger partial charge in [-0.25, -0.2) is 13.6 Å². The maximum Gasteiger partial charge on any atom is 0.238 e. The fourth-order valence-corrected chi connectivity index (χ4v) is 4.58. The molecule has 0 spiro atoms. The number of piperidine rings is 1. The van der Waals surface area contributed by atoms with Crippen molar-refractivity contribution in [2.45, 2.75) is 30.7 Å². The SMILES string of the molecule is NS(=O)(=O)c1cccc(CN2CCCC(Cc3ccc4[nH]ncc4c3)C2)c1. The Morgan fingerprint density at radius 1 is 1.19 bits per heavy atom. The van der Waals surface area contributed by atoms with Crippen LogP contribution < -0.4 is 5.14 Å². The number of primary sulfonamides is 1. The van der Waals surface area contributed by atoms with Crippen LogP contribution in [0.2, 0.25) is 0 Å². The summed E-state index contributed by atoms with van der Waals surface area (Å²) in [6, 6.07) is 13.4. The standard InChI is InChI=1S/C20H24N4O2S/c21-27(25,26)19-5-1-3-17(11-19)14-24-8-2-4-16(13-24)9-15-6-7-20-18(10-15)12-22-23-20/h1,3,5-7,10-12,16H,2,4,8-9,13-14H2,(H,22,23)(H2,21,25,26). The van der Waals surface area contributed by atoms with Crippen LogP contribution in [-0.2, 0) is 23.0 Å². The Kier molecular flexibility index (Phi) is 4.99. The summed E-state index contributed by atoms with van der Waals surface area (Å²) in [5.41, 5.74) is 3.40. The molecule has 27 heavy (non-hydrogen) atoms. The van der Waals surface area contributed by atoms with E-state index in [-0.39, 0.29) is 4.90 Å². The smallest absolute Gasteiger partial charge is 0.238 e. The Labute approximate surface area is 159 Å². The van der Waals surface area contributed by atoms with Gasteiger partial charge in [0, 0.05) is 18.5 Å². The van der Waals surface area contributed by atoms with E-state index in [1.807, 2.05) is 12.3 Å². The number of rotatable bonds is 5. The number of nitrogens with two attached hydrogens (primary N) is 1. The van der Waals surface area contributed by atoms with E-state index in [2.05, 4.69) is 33.3 Å². The molecule has 1 saturated heterocycles. The van der Waals surface area contributed by atoms with Crippen molar-refractivity contribution in [1.82, 2.24) is 15.1 Å². The first kappa shape index (κ1) is 18.2. The fraction of sp³-hybridized carbons (Fsp3) is 0.350. The van der Waals surface area contributed by atoms with Gasteiger partial charge in [-0.2, -0.15) is 5.10 Å². The van der Waals surface area contributed by atoms with Gasteiger partial charge in [0.2, 0.25) is 10.0 Å². The second kappa shape index (κ2) is 7.42. The Morgan fingerprint density at radius 3 is 2.93 bits per heavy atom. The van der Waals surface area contributed by atoms with E-state index in [0.29, 0.717) is 5.92 Å². The van der Waals surface area contributed by atoms with Crippen molar-refractivity contribution in [2.24, 2.45) is 11.1 Å². The number of H-pyrrole nitrogens is 1. The van der Waals surface area contributed by atoms with Crippen LogP contribution in [0.25, 0.3) is 10.9 Å². The lowest BCUT2D eigenvalue weighted by Crippen LogP contribution is -2.35. The number of nitrogens with one attached hydrogen (secondary N) is 1. The molecule has 1 fully saturated rings. The lowest BCUT2D eigenvalue weighted by atomic mass is 9.90. The molecule has 3 N–H and O–H groups in total. The number of benzene rings is 2. The van der Waals surface area contributed by atoms with Gasteiger partial charge in [0.25, 0.3) is 0 Å². The molecule has 2 aromatic carbocycles. The molecule has 0 amide bonds. The molecular weight excluding hydrogens is 360 g/mol. The molecule has 1 atom stereocenters. The molecule has 1 aliphatic heterocycles. The molecular formula is C20H24N4O2S. The van der Waals surface area contributed by atoms with Crippen molar-refractivity contribution in [3.8, 4) is 0 Å². The van der Waals surface area contributed by atoms with E-state index in [9.17, 15) is 8.42 Å². The first-order valence-corrected chi connectivity index (χ1v) is 10.8. The predicted octanol–water partition coefficient (Wildman–Crippen LogP) is 2.67. The van der Waals surface area contributed by atoms with Gasteiger partial charge in [-0.1, -0.05) is 18.2 Å². The average molecular weight is 385 g/mol. The van der Waals surface area contributed by atoms with Gasteiger partial charge in [0.05, 0.1) is 16.6 Å². The molecule has 0 aliphatic carbocycles. The van der Waals surface area contributed by atoms with E-state index in [1.54, 1.807) is 18.2 Å². The molecule has 7 heteroatoms. The normalized spacial score (nSPS) is 18.8. The number of hydrogen-bond acceptors (Lipinski definition) is 4. The Bertz CT molecular complexity index is 1040. The van der Waals surface area contributed by atoms with Crippen LogP contribution in [0.15, 0.2) is 53.6 Å². The van der Waals surface area contributed by atoms with Crippen LogP contribution in [0, 0.1) is 5.92 Å². The van der Waals surface area contributed by atoms with Crippen molar-refractivity contribution in [3.05, 3.63) is 59.8 Å². The number of likely N-dealkylation sites (tertiary alicyclic amines) is 1. The van der Waals surface area contributed by atoms with Crippen molar-refractivity contribution < 1.29 is 8.42 Å². The third-order valence-corrected chi connectivity index (χ3v) is 6.18. The Balaban J connectivity index is 1.42. The highest BCUT2D eigenvalue weighted by molar-refractivity contribution is 7.89. The van der Waals surface area contributed by atoms with Crippen LogP contribution in [0.5, 0.6) is 0 Å². The summed E-state index contributed by atoms with van der Waals surface area (Å²) >= 11 is 0. The lowest BCUT2D eigenvalue weighted by molar-refractivity contribution is 0.167. The lowest BCUT2D eigenvalue weighted by Gasteiger charge is -2.33. The van der Waals surface area contributed by atoms with Crippen LogP contribution in [0.1, 0.15) is 24.0 Å². The number of aromatic nitrogens is 2. The van der Waals surface area contributed by atoms with E-state index < -0.39 is 10.0 Å². The zero-order valence-corrected chi connectivity index (χ0v) is 16.0. The van der Waals surface area contributed by atoms with Gasteiger partial charge < -0.3 is 0 Å². The quantitative estimate of drug-likeness (QED) is 0.707. The van der Waals surface area contributed by atoms with Gasteiger partial charge >= 0.3 is 0 Å². The largest absolute Gasteiger partial charge is 0.299 e. The first-order chi connectivity index (χ1) is 13.0. The van der Waals surface area contributed by atoms with Gasteiger partial charge in [0.1, 0.15) is 0 Å². The maximum atomic E-state index is 11.6. The summed E-state index contributed by atoms with van der Waals surface area (Å²) in [7, 11) is -3.66. The van der Waals surface area contributed by atoms with Crippen molar-refractivity contribution >= 4 is 20.9 Å². The van der Waals surface area contributed by atoms with E-state index in [1.165, 1.54) is 12.0 Å². The molecule has 3 aromatic rings. The topological polar surface area (TPSA) is 92.1 Å². The second-order valence-corrected chi connectivity index (χ2v) is 8.99. The summed E-state index contributed by atoms with van der Waals surface area (Å²) < 4.78 is 23.1. The first-order valence-electron chi connectivity index (χ1n) is 9.23. The minimum atomic E-state index is -3.66. The summed E-state index contributed by atoms with van der Waals surface area (Å²) in [6.07, 6.45) is 5.30. The van der Waals surface area contributed by atoms with Crippen LogP contribution in [0.3, 0.4) is 0 Å². The van der Waals surface area contributed by atoms with Crippen molar-refractivity contribution in [1.29, 1.82) is 0 Å². The molecule has 1 aliphatic rings. The van der Waals surface area contributed by atoms with Gasteiger partial charge in [-0.05, 0) is 67.1 Å². The van der Waals surface area contributed by atoms with Crippen LogP contribution in [0.4, 0.5) is 0 Å². The molecule has 4 rings (SSSR count). The summed E-state index contributed by atoms with van der Waals surface area (Å²) in [5, 5.41) is 13.5. The fourth-order valence-electron chi connectivity index (χ4n) is 3.99. The van der Waals surface area contributed by atoms with Crippen LogP contribution >= 0.6 is 0 Å². The second-order valence-electron chi connectivity index (χ2n) is 7.43. The maximum absolute atomic E-state index is 11.6. The molecule has 2 heterocycles. The van der Waals surface area contributed by atoms with Crippen molar-refractivity contribution in [3.63, 3.8) is 0 Å². The molecule has 0 bridgehead atoms. The molecule has 1 unspecified atom stereocenters. The number of aromatic amines is 1.